The molecule has 21 heavy (non-hydrogen) atoms. The van der Waals surface area contributed by atoms with Crippen LogP contribution in [0.3, 0.4) is 0 Å². The SMILES string of the molecule is Cc1occc1CN(C)Cc1cc(CNC(C)(C)C)co1. The van der Waals surface area contributed by atoms with E-state index >= 15 is 0 Å². The summed E-state index contributed by atoms with van der Waals surface area (Å²) in [7, 11) is 2.09. The fraction of sp³-hybridized carbons (Fsp3) is 0.529. The molecule has 0 spiro atoms. The fourth-order valence-electron chi connectivity index (χ4n) is 2.16. The summed E-state index contributed by atoms with van der Waals surface area (Å²) in [6.07, 6.45) is 3.58. The van der Waals surface area contributed by atoms with Crippen molar-refractivity contribution in [3.05, 3.63) is 47.3 Å². The first kappa shape index (κ1) is 15.9. The van der Waals surface area contributed by atoms with Gasteiger partial charge < -0.3 is 14.2 Å². The monoisotopic (exact) mass is 290 g/mol. The highest BCUT2D eigenvalue weighted by Crippen LogP contribution is 2.15. The van der Waals surface area contributed by atoms with Crippen molar-refractivity contribution in [2.45, 2.75) is 52.9 Å². The number of furan rings is 2. The lowest BCUT2D eigenvalue weighted by Crippen LogP contribution is -2.34. The normalized spacial score (nSPS) is 12.3. The lowest BCUT2D eigenvalue weighted by molar-refractivity contribution is 0.286. The zero-order valence-corrected chi connectivity index (χ0v) is 13.7. The van der Waals surface area contributed by atoms with Crippen LogP contribution in [0.1, 0.15) is 43.4 Å². The van der Waals surface area contributed by atoms with Crippen molar-refractivity contribution < 1.29 is 8.83 Å². The molecule has 116 valence electrons. The predicted molar refractivity (Wildman–Crippen MR) is 83.9 cm³/mol. The van der Waals surface area contributed by atoms with Crippen molar-refractivity contribution in [2.24, 2.45) is 0 Å². The van der Waals surface area contributed by atoms with Gasteiger partial charge in [-0.2, -0.15) is 0 Å². The van der Waals surface area contributed by atoms with Crippen molar-refractivity contribution in [1.82, 2.24) is 10.2 Å². The highest BCUT2D eigenvalue weighted by atomic mass is 16.3. The predicted octanol–water partition coefficient (Wildman–Crippen LogP) is 3.70. The second-order valence-electron chi connectivity index (χ2n) is 6.70. The third kappa shape index (κ3) is 5.06. The molecule has 2 heterocycles. The van der Waals surface area contributed by atoms with Gasteiger partial charge in [-0.15, -0.1) is 0 Å². The summed E-state index contributed by atoms with van der Waals surface area (Å²) < 4.78 is 11.0. The van der Waals surface area contributed by atoms with E-state index in [9.17, 15) is 0 Å². The first-order valence-electron chi connectivity index (χ1n) is 7.36. The van der Waals surface area contributed by atoms with Crippen molar-refractivity contribution in [3.63, 3.8) is 0 Å². The van der Waals surface area contributed by atoms with Crippen LogP contribution in [0, 0.1) is 6.92 Å². The van der Waals surface area contributed by atoms with Crippen molar-refractivity contribution in [1.29, 1.82) is 0 Å². The van der Waals surface area contributed by atoms with Gasteiger partial charge in [-0.05, 0) is 46.9 Å². The maximum absolute atomic E-state index is 5.64. The van der Waals surface area contributed by atoms with E-state index < -0.39 is 0 Å². The van der Waals surface area contributed by atoms with Crippen LogP contribution in [0.25, 0.3) is 0 Å². The molecule has 1 N–H and O–H groups in total. The molecular weight excluding hydrogens is 264 g/mol. The molecule has 0 fully saturated rings. The molecule has 4 heteroatoms. The number of rotatable bonds is 6. The summed E-state index contributed by atoms with van der Waals surface area (Å²) in [5.74, 6) is 1.97. The minimum absolute atomic E-state index is 0.118. The summed E-state index contributed by atoms with van der Waals surface area (Å²) >= 11 is 0. The Bertz CT molecular complexity index is 563. The van der Waals surface area contributed by atoms with Crippen molar-refractivity contribution in [2.75, 3.05) is 7.05 Å². The zero-order chi connectivity index (χ0) is 15.5. The van der Waals surface area contributed by atoms with Crippen LogP contribution in [-0.4, -0.2) is 17.5 Å². The fourth-order valence-corrected chi connectivity index (χ4v) is 2.16. The highest BCUT2D eigenvalue weighted by molar-refractivity contribution is 5.16. The van der Waals surface area contributed by atoms with Crippen LogP contribution >= 0.6 is 0 Å². The van der Waals surface area contributed by atoms with Gasteiger partial charge in [-0.25, -0.2) is 0 Å². The van der Waals surface area contributed by atoms with E-state index in [4.69, 9.17) is 8.83 Å². The minimum Gasteiger partial charge on any atom is -0.469 e. The Kier molecular flexibility index (Phi) is 4.91. The largest absolute Gasteiger partial charge is 0.469 e. The molecule has 4 nitrogen and oxygen atoms in total. The second kappa shape index (κ2) is 6.50. The van der Waals surface area contributed by atoms with Gasteiger partial charge >= 0.3 is 0 Å². The molecule has 2 rings (SSSR count). The Labute approximate surface area is 127 Å². The van der Waals surface area contributed by atoms with Crippen LogP contribution in [0.15, 0.2) is 33.5 Å². The van der Waals surface area contributed by atoms with Crippen LogP contribution in [0.4, 0.5) is 0 Å². The Morgan fingerprint density at radius 2 is 1.95 bits per heavy atom. The van der Waals surface area contributed by atoms with Gasteiger partial charge in [0, 0.05) is 29.8 Å². The summed E-state index contributed by atoms with van der Waals surface area (Å²) in [6, 6.07) is 4.14. The Hall–Kier alpha value is -1.52. The van der Waals surface area contributed by atoms with Crippen molar-refractivity contribution >= 4 is 0 Å². The van der Waals surface area contributed by atoms with Gasteiger partial charge in [0.05, 0.1) is 19.1 Å². The molecular formula is C17H26N2O2. The molecule has 0 aromatic carbocycles. The van der Waals surface area contributed by atoms with E-state index in [0.29, 0.717) is 0 Å². The molecule has 0 saturated carbocycles. The standard InChI is InChI=1S/C17H26N2O2/c1-13-15(6-7-20-13)10-19(5)11-16-8-14(12-21-16)9-18-17(2,3)4/h6-8,12,18H,9-11H2,1-5H3. The average molecular weight is 290 g/mol. The molecule has 0 atom stereocenters. The van der Waals surface area contributed by atoms with E-state index in [1.54, 1.807) is 6.26 Å². The topological polar surface area (TPSA) is 41.6 Å². The molecule has 0 unspecified atom stereocenters. The molecule has 0 aliphatic heterocycles. The van der Waals surface area contributed by atoms with Gasteiger partial charge in [-0.3, -0.25) is 4.90 Å². The Morgan fingerprint density at radius 3 is 2.57 bits per heavy atom. The molecule has 2 aromatic rings. The maximum Gasteiger partial charge on any atom is 0.118 e. The summed E-state index contributed by atoms with van der Waals surface area (Å²) in [6.45, 7) is 11.0. The molecule has 0 radical (unpaired) electrons. The molecule has 0 amide bonds. The molecule has 0 aliphatic rings. The van der Waals surface area contributed by atoms with Crippen LogP contribution < -0.4 is 5.32 Å². The summed E-state index contributed by atoms with van der Waals surface area (Å²) in [5.41, 5.74) is 2.53. The third-order valence-electron chi connectivity index (χ3n) is 3.36. The first-order valence-corrected chi connectivity index (χ1v) is 7.36. The molecule has 0 aliphatic carbocycles. The van der Waals surface area contributed by atoms with E-state index in [-0.39, 0.29) is 5.54 Å². The average Bonchev–Trinajstić information content (AvgIpc) is 2.96. The molecule has 0 bridgehead atoms. The highest BCUT2D eigenvalue weighted by Gasteiger charge is 2.11. The third-order valence-corrected chi connectivity index (χ3v) is 3.36. The smallest absolute Gasteiger partial charge is 0.118 e. The number of aryl methyl sites for hydroxylation is 1. The first-order chi connectivity index (χ1) is 9.83. The van der Waals surface area contributed by atoms with E-state index in [1.165, 1.54) is 11.1 Å². The second-order valence-corrected chi connectivity index (χ2v) is 6.70. The van der Waals surface area contributed by atoms with Gasteiger partial charge in [0.1, 0.15) is 11.5 Å². The number of hydrogen-bond acceptors (Lipinski definition) is 4. The van der Waals surface area contributed by atoms with Crippen LogP contribution in [0.2, 0.25) is 0 Å². The van der Waals surface area contributed by atoms with Gasteiger partial charge in [0.25, 0.3) is 0 Å². The van der Waals surface area contributed by atoms with Crippen LogP contribution in [0.5, 0.6) is 0 Å². The summed E-state index contributed by atoms with van der Waals surface area (Å²) in [5, 5.41) is 3.46. The quantitative estimate of drug-likeness (QED) is 0.880. The van der Waals surface area contributed by atoms with E-state index in [1.807, 2.05) is 19.3 Å². The van der Waals surface area contributed by atoms with Gasteiger partial charge in [0.2, 0.25) is 0 Å². The Morgan fingerprint density at radius 1 is 1.19 bits per heavy atom. The summed E-state index contributed by atoms with van der Waals surface area (Å²) in [4.78, 5) is 2.22. The lowest BCUT2D eigenvalue weighted by atomic mass is 10.1. The number of nitrogens with zero attached hydrogens (tertiary/aromatic N) is 1. The maximum atomic E-state index is 5.64. The van der Waals surface area contributed by atoms with Gasteiger partial charge in [-0.1, -0.05) is 0 Å². The number of hydrogen-bond donors (Lipinski definition) is 1. The molecule has 2 aromatic heterocycles. The van der Waals surface area contributed by atoms with Gasteiger partial charge in [0.15, 0.2) is 0 Å². The zero-order valence-electron chi connectivity index (χ0n) is 13.7. The number of nitrogens with one attached hydrogen (secondary N) is 1. The Balaban J connectivity index is 1.86. The minimum atomic E-state index is 0.118. The van der Waals surface area contributed by atoms with E-state index in [0.717, 1.165) is 31.2 Å². The van der Waals surface area contributed by atoms with Crippen molar-refractivity contribution in [3.8, 4) is 0 Å². The van der Waals surface area contributed by atoms with Crippen LogP contribution in [-0.2, 0) is 19.6 Å². The van der Waals surface area contributed by atoms with E-state index in [2.05, 4.69) is 44.1 Å². The lowest BCUT2D eigenvalue weighted by Gasteiger charge is -2.19. The molecule has 0 saturated heterocycles.